The van der Waals surface area contributed by atoms with Gasteiger partial charge in [0.05, 0.1) is 17.0 Å². The molecule has 0 aliphatic carbocycles. The van der Waals surface area contributed by atoms with Crippen molar-refractivity contribution < 1.29 is 8.42 Å². The number of nitrogens with zero attached hydrogens (tertiary/aromatic N) is 2. The maximum atomic E-state index is 12.2. The molecule has 0 saturated carbocycles. The first-order valence-electron chi connectivity index (χ1n) is 5.10. The third-order valence-corrected chi connectivity index (χ3v) is 4.87. The standard InChI is InChI=1S/C11H12Cl2N2O2S/c1-8(6-14)7-15(2)18(16,17)11-5-9(12)3-4-10(11)13/h3-5,8H,7H2,1-2H3. The summed E-state index contributed by atoms with van der Waals surface area (Å²) in [4.78, 5) is -0.0516. The molecule has 1 rings (SSSR count). The first-order valence-corrected chi connectivity index (χ1v) is 7.29. The molecule has 18 heavy (non-hydrogen) atoms. The molecule has 0 bridgehead atoms. The topological polar surface area (TPSA) is 61.2 Å². The van der Waals surface area contributed by atoms with Crippen LogP contribution in [0.4, 0.5) is 0 Å². The Hall–Kier alpha value is -0.800. The second-order valence-corrected chi connectivity index (χ2v) is 6.75. The van der Waals surface area contributed by atoms with Crippen molar-refractivity contribution in [1.29, 1.82) is 5.26 Å². The van der Waals surface area contributed by atoms with Crippen LogP contribution in [-0.4, -0.2) is 26.3 Å². The largest absolute Gasteiger partial charge is 0.244 e. The third kappa shape index (κ3) is 3.36. The van der Waals surface area contributed by atoms with Crippen molar-refractivity contribution in [3.63, 3.8) is 0 Å². The lowest BCUT2D eigenvalue weighted by atomic mass is 10.2. The zero-order valence-corrected chi connectivity index (χ0v) is 12.2. The molecule has 1 unspecified atom stereocenters. The highest BCUT2D eigenvalue weighted by molar-refractivity contribution is 7.89. The molecule has 0 amide bonds. The molecule has 0 aromatic heterocycles. The van der Waals surface area contributed by atoms with Crippen molar-refractivity contribution in [2.45, 2.75) is 11.8 Å². The zero-order chi connectivity index (χ0) is 13.9. The van der Waals surface area contributed by atoms with Gasteiger partial charge in [-0.05, 0) is 25.1 Å². The van der Waals surface area contributed by atoms with Crippen LogP contribution in [-0.2, 0) is 10.0 Å². The summed E-state index contributed by atoms with van der Waals surface area (Å²) in [6, 6.07) is 6.22. The number of benzene rings is 1. The molecule has 1 atom stereocenters. The number of sulfonamides is 1. The van der Waals surface area contributed by atoms with Crippen molar-refractivity contribution in [3.8, 4) is 6.07 Å². The van der Waals surface area contributed by atoms with Crippen molar-refractivity contribution in [1.82, 2.24) is 4.31 Å². The predicted molar refractivity (Wildman–Crippen MR) is 71.1 cm³/mol. The van der Waals surface area contributed by atoms with Crippen LogP contribution in [0.15, 0.2) is 23.1 Å². The van der Waals surface area contributed by atoms with Crippen LogP contribution >= 0.6 is 23.2 Å². The molecule has 7 heteroatoms. The van der Waals surface area contributed by atoms with Gasteiger partial charge in [0.15, 0.2) is 0 Å². The van der Waals surface area contributed by atoms with E-state index < -0.39 is 15.9 Å². The summed E-state index contributed by atoms with van der Waals surface area (Å²) < 4.78 is 25.6. The normalized spacial score (nSPS) is 13.3. The Morgan fingerprint density at radius 2 is 2.06 bits per heavy atom. The zero-order valence-electron chi connectivity index (χ0n) is 9.89. The van der Waals surface area contributed by atoms with E-state index in [2.05, 4.69) is 0 Å². The SMILES string of the molecule is CC(C#N)CN(C)S(=O)(=O)c1cc(Cl)ccc1Cl. The van der Waals surface area contributed by atoms with Gasteiger partial charge in [0, 0.05) is 18.6 Å². The Morgan fingerprint density at radius 3 is 2.61 bits per heavy atom. The van der Waals surface area contributed by atoms with Gasteiger partial charge in [0.25, 0.3) is 0 Å². The molecule has 0 aliphatic rings. The van der Waals surface area contributed by atoms with E-state index in [1.807, 2.05) is 6.07 Å². The van der Waals surface area contributed by atoms with Gasteiger partial charge in [-0.25, -0.2) is 8.42 Å². The highest BCUT2D eigenvalue weighted by Crippen LogP contribution is 2.27. The van der Waals surface area contributed by atoms with Gasteiger partial charge in [0.1, 0.15) is 4.90 Å². The molecule has 4 nitrogen and oxygen atoms in total. The van der Waals surface area contributed by atoms with Crippen LogP contribution in [0.5, 0.6) is 0 Å². The lowest BCUT2D eigenvalue weighted by Gasteiger charge is -2.19. The molecule has 0 aliphatic heterocycles. The maximum Gasteiger partial charge on any atom is 0.244 e. The van der Waals surface area contributed by atoms with Gasteiger partial charge < -0.3 is 0 Å². The molecule has 0 radical (unpaired) electrons. The summed E-state index contributed by atoms with van der Waals surface area (Å²) in [5.74, 6) is -0.400. The predicted octanol–water partition coefficient (Wildman–Crippen LogP) is 2.77. The van der Waals surface area contributed by atoms with Crippen molar-refractivity contribution in [2.75, 3.05) is 13.6 Å². The summed E-state index contributed by atoms with van der Waals surface area (Å²) in [5, 5.41) is 9.10. The minimum absolute atomic E-state index is 0.0516. The van der Waals surface area contributed by atoms with Crippen molar-refractivity contribution in [2.24, 2.45) is 5.92 Å². The summed E-state index contributed by atoms with van der Waals surface area (Å²) in [6.07, 6.45) is 0. The van der Waals surface area contributed by atoms with Crippen molar-refractivity contribution in [3.05, 3.63) is 28.2 Å². The molecule has 0 N–H and O–H groups in total. The Labute approximate surface area is 117 Å². The fourth-order valence-corrected chi connectivity index (χ4v) is 3.36. The summed E-state index contributed by atoms with van der Waals surface area (Å²) in [6.45, 7) is 1.74. The summed E-state index contributed by atoms with van der Waals surface area (Å²) in [7, 11) is -2.33. The average Bonchev–Trinajstić information content (AvgIpc) is 2.31. The number of nitriles is 1. The molecule has 0 spiro atoms. The monoisotopic (exact) mass is 306 g/mol. The molecule has 98 valence electrons. The first-order chi connectivity index (χ1) is 8.28. The van der Waals surface area contributed by atoms with Crippen LogP contribution in [0.3, 0.4) is 0 Å². The van der Waals surface area contributed by atoms with Gasteiger partial charge in [-0.1, -0.05) is 23.2 Å². The minimum atomic E-state index is -3.73. The van der Waals surface area contributed by atoms with E-state index in [9.17, 15) is 8.42 Å². The van der Waals surface area contributed by atoms with Crippen LogP contribution in [0.25, 0.3) is 0 Å². The fourth-order valence-electron chi connectivity index (χ4n) is 1.37. The van der Waals surface area contributed by atoms with Crippen molar-refractivity contribution >= 4 is 33.2 Å². The highest BCUT2D eigenvalue weighted by Gasteiger charge is 2.25. The molecule has 1 aromatic rings. The van der Waals surface area contributed by atoms with E-state index in [0.717, 1.165) is 4.31 Å². The van der Waals surface area contributed by atoms with Gasteiger partial charge in [-0.3, -0.25) is 0 Å². The Balaban J connectivity index is 3.14. The van der Waals surface area contributed by atoms with Gasteiger partial charge in [-0.15, -0.1) is 0 Å². The molecule has 1 aromatic carbocycles. The van der Waals surface area contributed by atoms with Crippen LogP contribution in [0, 0.1) is 17.2 Å². The fraction of sp³-hybridized carbons (Fsp3) is 0.364. The smallest absolute Gasteiger partial charge is 0.207 e. The first kappa shape index (κ1) is 15.3. The van der Waals surface area contributed by atoms with E-state index in [4.69, 9.17) is 28.5 Å². The van der Waals surface area contributed by atoms with Crippen LogP contribution in [0.2, 0.25) is 10.0 Å². The van der Waals surface area contributed by atoms with Gasteiger partial charge in [0.2, 0.25) is 10.0 Å². The Kier molecular flexibility index (Phi) is 5.00. The van der Waals surface area contributed by atoms with E-state index in [0.29, 0.717) is 5.02 Å². The summed E-state index contributed by atoms with van der Waals surface area (Å²) >= 11 is 11.6. The van der Waals surface area contributed by atoms with Gasteiger partial charge >= 0.3 is 0 Å². The van der Waals surface area contributed by atoms with E-state index in [1.54, 1.807) is 6.92 Å². The second kappa shape index (κ2) is 5.89. The molecule has 0 heterocycles. The average molecular weight is 307 g/mol. The van der Waals surface area contributed by atoms with E-state index in [1.165, 1.54) is 25.2 Å². The lowest BCUT2D eigenvalue weighted by molar-refractivity contribution is 0.439. The number of halogens is 2. The molecular weight excluding hydrogens is 295 g/mol. The minimum Gasteiger partial charge on any atom is -0.207 e. The third-order valence-electron chi connectivity index (χ3n) is 2.33. The molecular formula is C11H12Cl2N2O2S. The number of hydrogen-bond donors (Lipinski definition) is 0. The number of rotatable bonds is 4. The lowest BCUT2D eigenvalue weighted by Crippen LogP contribution is -2.31. The second-order valence-electron chi connectivity index (χ2n) is 3.89. The number of hydrogen-bond acceptors (Lipinski definition) is 3. The van der Waals surface area contributed by atoms with E-state index >= 15 is 0 Å². The molecule has 0 saturated heterocycles. The summed E-state index contributed by atoms with van der Waals surface area (Å²) in [5.41, 5.74) is 0. The van der Waals surface area contributed by atoms with E-state index in [-0.39, 0.29) is 16.5 Å². The highest BCUT2D eigenvalue weighted by atomic mass is 35.5. The quantitative estimate of drug-likeness (QED) is 0.859. The van der Waals surface area contributed by atoms with Crippen LogP contribution in [0.1, 0.15) is 6.92 Å². The molecule has 0 fully saturated rings. The van der Waals surface area contributed by atoms with Crippen LogP contribution < -0.4 is 0 Å². The Bertz CT molecular complexity index is 581. The van der Waals surface area contributed by atoms with Gasteiger partial charge in [-0.2, -0.15) is 9.57 Å². The maximum absolute atomic E-state index is 12.2. The Morgan fingerprint density at radius 1 is 1.44 bits per heavy atom.